The molecule has 31 heavy (non-hydrogen) atoms. The van der Waals surface area contributed by atoms with Gasteiger partial charge in [-0.2, -0.15) is 0 Å². The lowest BCUT2D eigenvalue weighted by Gasteiger charge is -2.05. The first kappa shape index (κ1) is 41.3. The van der Waals surface area contributed by atoms with Gasteiger partial charge in [-0.1, -0.05) is 156 Å². The van der Waals surface area contributed by atoms with Crippen molar-refractivity contribution in [1.82, 2.24) is 0 Å². The van der Waals surface area contributed by atoms with Gasteiger partial charge in [0.1, 0.15) is 0 Å². The largest absolute Gasteiger partial charge is 0.0683 e. The third-order valence-electron chi connectivity index (χ3n) is 5.97. The summed E-state index contributed by atoms with van der Waals surface area (Å²) in [6.07, 6.45) is 10.1. The minimum Gasteiger partial charge on any atom is -0.0683 e. The van der Waals surface area contributed by atoms with Crippen LogP contribution in [0.25, 0.3) is 0 Å². The molecule has 3 rings (SSSR count). The quantitative estimate of drug-likeness (QED) is 0.406. The monoisotopic (exact) mass is 445 g/mol. The van der Waals surface area contributed by atoms with Gasteiger partial charge in [-0.3, -0.25) is 0 Å². The second-order valence-electron chi connectivity index (χ2n) is 9.97. The first-order chi connectivity index (χ1) is 14.5. The van der Waals surface area contributed by atoms with E-state index in [4.69, 9.17) is 0 Å². The first-order valence-electron chi connectivity index (χ1n) is 14.5. The molecule has 0 aromatic rings. The molecule has 0 aromatic carbocycles. The predicted molar refractivity (Wildman–Crippen MR) is 153 cm³/mol. The predicted octanol–water partition coefficient (Wildman–Crippen LogP) is 12.3. The van der Waals surface area contributed by atoms with Gasteiger partial charge in [0.2, 0.25) is 0 Å². The van der Waals surface area contributed by atoms with Crippen LogP contribution in [0.5, 0.6) is 0 Å². The molecule has 3 aliphatic carbocycles. The highest BCUT2D eigenvalue weighted by Crippen LogP contribution is 2.36. The summed E-state index contributed by atoms with van der Waals surface area (Å²) >= 11 is 0. The molecule has 196 valence electrons. The molecule has 0 aliphatic heterocycles. The Morgan fingerprint density at radius 1 is 0.516 bits per heavy atom. The smallest absolute Gasteiger partial charge is 0.0414 e. The van der Waals surface area contributed by atoms with Crippen molar-refractivity contribution in [2.45, 2.75) is 163 Å². The fourth-order valence-electron chi connectivity index (χ4n) is 1.13. The van der Waals surface area contributed by atoms with Crippen LogP contribution in [0.3, 0.4) is 0 Å². The average molecular weight is 445 g/mol. The Balaban J connectivity index is -0.0000000860. The van der Waals surface area contributed by atoms with E-state index in [-0.39, 0.29) is 0 Å². The van der Waals surface area contributed by atoms with Gasteiger partial charge in [-0.15, -0.1) is 0 Å². The Kier molecular flexibility index (Phi) is 42.8. The highest BCUT2D eigenvalue weighted by molar-refractivity contribution is 4.76. The molecule has 0 saturated heterocycles. The summed E-state index contributed by atoms with van der Waals surface area (Å²) in [6, 6.07) is 0. The summed E-state index contributed by atoms with van der Waals surface area (Å²) in [5.74, 6) is 6.91. The molecule has 0 heteroatoms. The van der Waals surface area contributed by atoms with Crippen LogP contribution in [-0.2, 0) is 0 Å². The zero-order valence-corrected chi connectivity index (χ0v) is 26.0. The van der Waals surface area contributed by atoms with Gasteiger partial charge >= 0.3 is 0 Å². The van der Waals surface area contributed by atoms with E-state index >= 15 is 0 Å². The Hall–Kier alpha value is 0. The van der Waals surface area contributed by atoms with Crippen molar-refractivity contribution in [2.24, 2.45) is 41.4 Å². The van der Waals surface area contributed by atoms with E-state index < -0.39 is 0 Å². The maximum absolute atomic E-state index is 2.30. The molecule has 0 amide bonds. The summed E-state index contributed by atoms with van der Waals surface area (Å²) in [4.78, 5) is 0. The fraction of sp³-hybridized carbons (Fsp3) is 1.00. The van der Waals surface area contributed by atoms with E-state index in [1.165, 1.54) is 44.9 Å². The molecule has 0 radical (unpaired) electrons. The zero-order valence-electron chi connectivity index (χ0n) is 26.0. The molecule has 0 heterocycles. The molecule has 3 saturated carbocycles. The Bertz CT molecular complexity index is 231. The van der Waals surface area contributed by atoms with Crippen LogP contribution in [0.15, 0.2) is 0 Å². The zero-order chi connectivity index (χ0) is 26.0. The van der Waals surface area contributed by atoms with Crippen molar-refractivity contribution in [2.75, 3.05) is 0 Å². The van der Waals surface area contributed by atoms with Crippen molar-refractivity contribution < 1.29 is 0 Å². The van der Waals surface area contributed by atoms with E-state index in [9.17, 15) is 0 Å². The van der Waals surface area contributed by atoms with Crippen LogP contribution in [0.1, 0.15) is 163 Å². The molecule has 0 bridgehead atoms. The summed E-state index contributed by atoms with van der Waals surface area (Å²) in [7, 11) is 0. The van der Waals surface area contributed by atoms with Crippen molar-refractivity contribution in [1.29, 1.82) is 0 Å². The van der Waals surface area contributed by atoms with Gasteiger partial charge in [0.25, 0.3) is 0 Å². The second-order valence-corrected chi connectivity index (χ2v) is 9.97. The summed E-state index contributed by atoms with van der Waals surface area (Å²) < 4.78 is 0. The molecule has 3 fully saturated rings. The number of rotatable bonds is 3. The molecular weight excluding hydrogens is 372 g/mol. The maximum Gasteiger partial charge on any atom is -0.0414 e. The number of hydrogen-bond donors (Lipinski definition) is 0. The van der Waals surface area contributed by atoms with Crippen LogP contribution in [-0.4, -0.2) is 0 Å². The van der Waals surface area contributed by atoms with Crippen molar-refractivity contribution in [3.05, 3.63) is 0 Å². The van der Waals surface area contributed by atoms with E-state index in [0.717, 1.165) is 41.4 Å². The SMILES string of the molecule is CC.CC.CC.CC(C)C(C)C.CC1CC1.CC1CC1.CC1CC1C.CCC(C)CC. The molecule has 0 spiro atoms. The molecular formula is C31H72. The van der Waals surface area contributed by atoms with E-state index in [1.807, 2.05) is 41.5 Å². The van der Waals surface area contributed by atoms with Gasteiger partial charge in [0.15, 0.2) is 0 Å². The molecule has 0 nitrogen and oxygen atoms in total. The molecule has 2 unspecified atom stereocenters. The van der Waals surface area contributed by atoms with Crippen LogP contribution in [0.2, 0.25) is 0 Å². The summed E-state index contributed by atoms with van der Waals surface area (Å²) in [5, 5.41) is 0. The van der Waals surface area contributed by atoms with Crippen molar-refractivity contribution in [3.8, 4) is 0 Å². The first-order valence-corrected chi connectivity index (χ1v) is 14.5. The third-order valence-corrected chi connectivity index (χ3v) is 5.97. The Morgan fingerprint density at radius 2 is 0.677 bits per heavy atom. The lowest BCUT2D eigenvalue weighted by Crippen LogP contribution is -1.95. The van der Waals surface area contributed by atoms with Crippen LogP contribution >= 0.6 is 0 Å². The normalized spacial score (nSPS) is 19.4. The number of hydrogen-bond acceptors (Lipinski definition) is 0. The molecule has 0 N–H and O–H groups in total. The molecule has 0 aromatic heterocycles. The summed E-state index contributed by atoms with van der Waals surface area (Å²) in [5.41, 5.74) is 0. The van der Waals surface area contributed by atoms with Gasteiger partial charge in [0, 0.05) is 0 Å². The molecule has 3 aliphatic rings. The lowest BCUT2D eigenvalue weighted by molar-refractivity contribution is 0.457. The van der Waals surface area contributed by atoms with E-state index in [2.05, 4.69) is 76.2 Å². The van der Waals surface area contributed by atoms with Crippen LogP contribution in [0.4, 0.5) is 0 Å². The Labute approximate surface area is 204 Å². The fourth-order valence-corrected chi connectivity index (χ4v) is 1.13. The minimum absolute atomic E-state index is 0.852. The van der Waals surface area contributed by atoms with E-state index in [0.29, 0.717) is 0 Å². The topological polar surface area (TPSA) is 0 Å². The molecule has 2 atom stereocenters. The third kappa shape index (κ3) is 58.8. The van der Waals surface area contributed by atoms with Crippen molar-refractivity contribution >= 4 is 0 Å². The van der Waals surface area contributed by atoms with Crippen LogP contribution in [0, 0.1) is 41.4 Å². The highest BCUT2D eigenvalue weighted by Gasteiger charge is 2.26. The van der Waals surface area contributed by atoms with Gasteiger partial charge in [-0.05, 0) is 47.8 Å². The summed E-state index contributed by atoms with van der Waals surface area (Å²) in [6.45, 7) is 36.8. The maximum atomic E-state index is 2.30. The van der Waals surface area contributed by atoms with Crippen molar-refractivity contribution in [3.63, 3.8) is 0 Å². The van der Waals surface area contributed by atoms with Gasteiger partial charge < -0.3 is 0 Å². The Morgan fingerprint density at radius 3 is 0.677 bits per heavy atom. The average Bonchev–Trinajstić information content (AvgIpc) is 3.72. The van der Waals surface area contributed by atoms with Gasteiger partial charge in [-0.25, -0.2) is 0 Å². The lowest BCUT2D eigenvalue weighted by atomic mass is 10.0. The standard InChI is InChI=1S/2C6H14.C5H10.2C4H8.3C2H6/c1-5(2)6(3)4;1-4-6(3)5-2;1-4-3-5(4)2;2*1-4-2-3-4;3*1-2/h5-6H,1-4H3;6H,4-5H2,1-3H3;4-5H,3H2,1-2H3;2*4H,2-3H2,1H3;3*1-2H3. The van der Waals surface area contributed by atoms with E-state index in [1.54, 1.807) is 0 Å². The van der Waals surface area contributed by atoms with Crippen LogP contribution < -0.4 is 0 Å². The minimum atomic E-state index is 0.852. The highest BCUT2D eigenvalue weighted by atomic mass is 14.3. The van der Waals surface area contributed by atoms with Gasteiger partial charge in [0.05, 0.1) is 0 Å². The second kappa shape index (κ2) is 32.2.